The summed E-state index contributed by atoms with van der Waals surface area (Å²) >= 11 is 6.15. The van der Waals surface area contributed by atoms with E-state index in [0.29, 0.717) is 63.0 Å². The Morgan fingerprint density at radius 1 is 0.974 bits per heavy atom. The van der Waals surface area contributed by atoms with E-state index in [1.807, 2.05) is 18.0 Å². The number of carbonyl (C=O) groups excluding carboxylic acids is 2. The van der Waals surface area contributed by atoms with Crippen LogP contribution in [0.5, 0.6) is 0 Å². The molecule has 0 atom stereocenters. The van der Waals surface area contributed by atoms with Crippen molar-refractivity contribution in [2.45, 2.75) is 6.42 Å². The number of carboxylic acid groups (broad SMARTS) is 1. The fourth-order valence-corrected chi connectivity index (χ4v) is 4.89. The van der Waals surface area contributed by atoms with Gasteiger partial charge in [-0.15, -0.1) is 0 Å². The third-order valence-electron chi connectivity index (χ3n) is 6.74. The van der Waals surface area contributed by atoms with Crippen molar-refractivity contribution in [3.05, 3.63) is 94.0 Å². The second kappa shape index (κ2) is 10.7. The number of nitrogens with zero attached hydrogens (tertiary/aromatic N) is 2. The van der Waals surface area contributed by atoms with E-state index in [1.54, 1.807) is 60.7 Å². The number of carboxylic acids is 1. The Morgan fingerprint density at radius 2 is 1.71 bits per heavy atom. The zero-order chi connectivity index (χ0) is 26.8. The number of likely N-dealkylation sites (N-methyl/N-ethyl adjacent to an activating group) is 1. The first kappa shape index (κ1) is 25.5. The number of benzene rings is 3. The van der Waals surface area contributed by atoms with Crippen LogP contribution in [-0.2, 0) is 16.0 Å². The molecule has 0 bridgehead atoms. The highest BCUT2D eigenvalue weighted by molar-refractivity contribution is 6.38. The molecule has 0 spiro atoms. The maximum atomic E-state index is 13.2. The molecule has 2 amide bonds. The van der Waals surface area contributed by atoms with E-state index in [0.717, 1.165) is 13.1 Å². The molecular formula is C29H27ClN4O4. The molecule has 0 saturated carbocycles. The molecule has 2 heterocycles. The Morgan fingerprint density at radius 3 is 2.42 bits per heavy atom. The van der Waals surface area contributed by atoms with Crippen LogP contribution in [0.2, 0.25) is 5.02 Å². The number of halogens is 1. The summed E-state index contributed by atoms with van der Waals surface area (Å²) in [6.45, 7) is 3.07. The lowest BCUT2D eigenvalue weighted by molar-refractivity contribution is -0.136. The Labute approximate surface area is 225 Å². The monoisotopic (exact) mass is 530 g/mol. The summed E-state index contributed by atoms with van der Waals surface area (Å²) < 4.78 is 0. The number of rotatable bonds is 6. The Hall–Kier alpha value is -4.14. The summed E-state index contributed by atoms with van der Waals surface area (Å²) in [4.78, 5) is 41.5. The van der Waals surface area contributed by atoms with E-state index >= 15 is 0 Å². The number of carbonyl (C=O) groups is 3. The SMILES string of the molecule is CN1CCN(C(=O)c2ccc(N/C(=C3\C(=O)Nc4cc(Cl)ccc43)c3cccc(CC(=O)O)c3)cc2)CC1. The first-order valence-corrected chi connectivity index (χ1v) is 12.7. The highest BCUT2D eigenvalue weighted by atomic mass is 35.5. The number of amides is 2. The van der Waals surface area contributed by atoms with Crippen LogP contribution < -0.4 is 10.6 Å². The molecule has 8 nitrogen and oxygen atoms in total. The van der Waals surface area contributed by atoms with E-state index in [2.05, 4.69) is 15.5 Å². The van der Waals surface area contributed by atoms with Gasteiger partial charge < -0.3 is 25.5 Å². The van der Waals surface area contributed by atoms with Crippen LogP contribution in [0.15, 0.2) is 66.7 Å². The summed E-state index contributed by atoms with van der Waals surface area (Å²) in [5, 5.41) is 16.0. The molecule has 0 aromatic heterocycles. The highest BCUT2D eigenvalue weighted by Crippen LogP contribution is 2.39. The molecule has 9 heteroatoms. The number of nitrogens with one attached hydrogen (secondary N) is 2. The molecule has 3 N–H and O–H groups in total. The molecule has 2 aliphatic rings. The van der Waals surface area contributed by atoms with Crippen molar-refractivity contribution in [1.29, 1.82) is 0 Å². The van der Waals surface area contributed by atoms with Crippen LogP contribution in [0.4, 0.5) is 11.4 Å². The van der Waals surface area contributed by atoms with Gasteiger partial charge in [-0.2, -0.15) is 0 Å². The Bertz CT molecular complexity index is 1440. The highest BCUT2D eigenvalue weighted by Gasteiger charge is 2.29. The van der Waals surface area contributed by atoms with Gasteiger partial charge in [0.25, 0.3) is 11.8 Å². The van der Waals surface area contributed by atoms with Gasteiger partial charge >= 0.3 is 5.97 Å². The molecule has 3 aromatic carbocycles. The van der Waals surface area contributed by atoms with E-state index in [4.69, 9.17) is 11.6 Å². The smallest absolute Gasteiger partial charge is 0.307 e. The number of anilines is 2. The second-order valence-electron chi connectivity index (χ2n) is 9.46. The molecule has 0 unspecified atom stereocenters. The van der Waals surface area contributed by atoms with Crippen LogP contribution in [0.3, 0.4) is 0 Å². The number of aliphatic carboxylic acids is 1. The van der Waals surface area contributed by atoms with Gasteiger partial charge in [-0.25, -0.2) is 0 Å². The van der Waals surface area contributed by atoms with Crippen molar-refractivity contribution in [2.75, 3.05) is 43.9 Å². The van der Waals surface area contributed by atoms with E-state index < -0.39 is 5.97 Å². The normalized spacial score (nSPS) is 16.6. The van der Waals surface area contributed by atoms with Gasteiger partial charge in [0.05, 0.1) is 23.4 Å². The lowest BCUT2D eigenvalue weighted by Crippen LogP contribution is -2.47. The van der Waals surface area contributed by atoms with Crippen LogP contribution >= 0.6 is 11.6 Å². The molecule has 5 rings (SSSR count). The van der Waals surface area contributed by atoms with Gasteiger partial charge in [-0.1, -0.05) is 35.9 Å². The molecule has 0 radical (unpaired) electrons. The van der Waals surface area contributed by atoms with Crippen molar-refractivity contribution >= 4 is 52.0 Å². The lowest BCUT2D eigenvalue weighted by atomic mass is 9.98. The molecular weight excluding hydrogens is 504 g/mol. The molecule has 0 aliphatic carbocycles. The third-order valence-corrected chi connectivity index (χ3v) is 6.97. The van der Waals surface area contributed by atoms with Gasteiger partial charge in [0, 0.05) is 48.0 Å². The minimum absolute atomic E-state index is 0.00873. The van der Waals surface area contributed by atoms with Crippen molar-refractivity contribution in [3.63, 3.8) is 0 Å². The van der Waals surface area contributed by atoms with Crippen molar-refractivity contribution < 1.29 is 19.5 Å². The first-order valence-electron chi connectivity index (χ1n) is 12.3. The summed E-state index contributed by atoms with van der Waals surface area (Å²) in [7, 11) is 2.04. The number of piperazine rings is 1. The minimum Gasteiger partial charge on any atom is -0.481 e. The number of fused-ring (bicyclic) bond motifs is 1. The maximum Gasteiger partial charge on any atom is 0.307 e. The summed E-state index contributed by atoms with van der Waals surface area (Å²) in [6, 6.07) is 19.4. The van der Waals surface area contributed by atoms with Crippen LogP contribution in [0.1, 0.15) is 27.0 Å². The quantitative estimate of drug-likeness (QED) is 0.411. The summed E-state index contributed by atoms with van der Waals surface area (Å²) in [5.74, 6) is -1.25. The van der Waals surface area contributed by atoms with Crippen molar-refractivity contribution in [2.24, 2.45) is 0 Å². The van der Waals surface area contributed by atoms with Gasteiger partial charge in [0.1, 0.15) is 0 Å². The minimum atomic E-state index is -0.941. The topological polar surface area (TPSA) is 102 Å². The molecule has 3 aromatic rings. The van der Waals surface area contributed by atoms with Crippen molar-refractivity contribution in [3.8, 4) is 0 Å². The molecule has 1 saturated heterocycles. The standard InChI is InChI=1S/C29H27ClN4O4/c1-33-11-13-34(14-12-33)29(38)19-5-8-22(9-6-19)31-27(20-4-2-3-18(15-20)16-25(35)36)26-23-10-7-21(30)17-24(23)32-28(26)37/h2-10,15,17,31H,11-14,16H2,1H3,(H,32,37)(H,35,36)/b27-26-. The van der Waals surface area contributed by atoms with Crippen LogP contribution in [0.25, 0.3) is 11.3 Å². The van der Waals surface area contributed by atoms with E-state index in [9.17, 15) is 19.5 Å². The summed E-state index contributed by atoms with van der Waals surface area (Å²) in [5.41, 5.74) is 4.78. The molecule has 194 valence electrons. The average Bonchev–Trinajstić information content (AvgIpc) is 3.22. The number of hydrogen-bond acceptors (Lipinski definition) is 5. The Kier molecular flexibility index (Phi) is 7.18. The fourth-order valence-electron chi connectivity index (χ4n) is 4.72. The first-order chi connectivity index (χ1) is 18.3. The predicted octanol–water partition coefficient (Wildman–Crippen LogP) is 4.29. The van der Waals surface area contributed by atoms with Gasteiger partial charge in [0.2, 0.25) is 0 Å². The third kappa shape index (κ3) is 5.41. The van der Waals surface area contributed by atoms with Gasteiger partial charge in [-0.05, 0) is 60.6 Å². The zero-order valence-corrected chi connectivity index (χ0v) is 21.6. The summed E-state index contributed by atoms with van der Waals surface area (Å²) in [6.07, 6.45) is -0.141. The van der Waals surface area contributed by atoms with Crippen LogP contribution in [0, 0.1) is 0 Å². The van der Waals surface area contributed by atoms with Gasteiger partial charge in [-0.3, -0.25) is 14.4 Å². The van der Waals surface area contributed by atoms with E-state index in [-0.39, 0.29) is 18.2 Å². The average molecular weight is 531 g/mol. The fraction of sp³-hybridized carbons (Fsp3) is 0.207. The molecule has 38 heavy (non-hydrogen) atoms. The largest absolute Gasteiger partial charge is 0.481 e. The zero-order valence-electron chi connectivity index (χ0n) is 20.8. The lowest BCUT2D eigenvalue weighted by Gasteiger charge is -2.32. The Balaban J connectivity index is 1.50. The molecule has 1 fully saturated rings. The van der Waals surface area contributed by atoms with Crippen LogP contribution in [-0.4, -0.2) is 65.9 Å². The predicted molar refractivity (Wildman–Crippen MR) is 148 cm³/mol. The molecule has 2 aliphatic heterocycles. The van der Waals surface area contributed by atoms with Gasteiger partial charge in [0.15, 0.2) is 0 Å². The van der Waals surface area contributed by atoms with E-state index in [1.165, 1.54) is 0 Å². The second-order valence-corrected chi connectivity index (χ2v) is 9.90. The maximum absolute atomic E-state index is 13.2. The van der Waals surface area contributed by atoms with Crippen molar-refractivity contribution in [1.82, 2.24) is 9.80 Å². The number of hydrogen-bond donors (Lipinski definition) is 3.